The molecule has 1 aromatic rings. The zero-order valence-corrected chi connectivity index (χ0v) is 18.2. The fourth-order valence-corrected chi connectivity index (χ4v) is 8.80. The van der Waals surface area contributed by atoms with Crippen LogP contribution in [0.2, 0.25) is 0 Å². The van der Waals surface area contributed by atoms with Gasteiger partial charge < -0.3 is 9.84 Å². The third kappa shape index (κ3) is 2.06. The first kappa shape index (κ1) is 19.5. The summed E-state index contributed by atoms with van der Waals surface area (Å²) in [6.07, 6.45) is 11.9. The molecule has 0 aromatic heterocycles. The van der Waals surface area contributed by atoms with Gasteiger partial charge in [0.2, 0.25) is 0 Å². The highest BCUT2D eigenvalue weighted by atomic mass is 16.5. The molecule has 1 aromatic carbocycles. The van der Waals surface area contributed by atoms with E-state index in [-0.39, 0.29) is 52.5 Å². The zero-order chi connectivity index (χ0) is 21.6. The van der Waals surface area contributed by atoms with Gasteiger partial charge in [0.05, 0.1) is 13.2 Å². The number of hydrogen-bond acceptors (Lipinski definition) is 4. The summed E-state index contributed by atoms with van der Waals surface area (Å²) >= 11 is 0. The molecule has 6 rings (SSSR count). The number of fused-ring (bicyclic) bond motifs is 4. The van der Waals surface area contributed by atoms with E-state index >= 15 is 0 Å². The number of aliphatic hydroxyl groups excluding tert-OH is 1. The van der Waals surface area contributed by atoms with Crippen LogP contribution in [0, 0.1) is 34.5 Å². The van der Waals surface area contributed by atoms with E-state index in [2.05, 4.69) is 31.2 Å². The Balaban J connectivity index is 1.60. The van der Waals surface area contributed by atoms with E-state index in [1.807, 2.05) is 12.1 Å². The van der Waals surface area contributed by atoms with Crippen molar-refractivity contribution in [2.75, 3.05) is 7.11 Å². The first-order valence-electron chi connectivity index (χ1n) is 11.7. The number of ketones is 2. The predicted molar refractivity (Wildman–Crippen MR) is 117 cm³/mol. The van der Waals surface area contributed by atoms with Crippen molar-refractivity contribution in [2.24, 2.45) is 34.5 Å². The molecule has 0 heterocycles. The first-order valence-corrected chi connectivity index (χ1v) is 11.7. The van der Waals surface area contributed by atoms with Crippen LogP contribution >= 0.6 is 0 Å². The second-order valence-corrected chi connectivity index (χ2v) is 10.6. The highest BCUT2D eigenvalue weighted by molar-refractivity contribution is 5.99. The minimum atomic E-state index is -0.662. The van der Waals surface area contributed by atoms with Gasteiger partial charge in [0.1, 0.15) is 11.5 Å². The third-order valence-corrected chi connectivity index (χ3v) is 9.98. The van der Waals surface area contributed by atoms with Gasteiger partial charge in [0, 0.05) is 29.6 Å². The monoisotopic (exact) mass is 418 g/mol. The Morgan fingerprint density at radius 1 is 1.06 bits per heavy atom. The van der Waals surface area contributed by atoms with Crippen LogP contribution < -0.4 is 4.74 Å². The van der Waals surface area contributed by atoms with Crippen LogP contribution in [0.25, 0.3) is 0 Å². The molecule has 1 N–H and O–H groups in total. The highest BCUT2D eigenvalue weighted by Gasteiger charge is 2.79. The number of aliphatic hydroxyl groups is 1. The van der Waals surface area contributed by atoms with Crippen molar-refractivity contribution in [3.05, 3.63) is 54.1 Å². The Bertz CT molecular complexity index is 1020. The molecule has 4 heteroatoms. The van der Waals surface area contributed by atoms with Gasteiger partial charge in [-0.05, 0) is 53.4 Å². The Hall–Kier alpha value is -2.20. The van der Waals surface area contributed by atoms with E-state index in [9.17, 15) is 14.7 Å². The first-order chi connectivity index (χ1) is 14.9. The standard InChI is InChI=1S/C27H30O4/c1-25-11-3-4-12-26(25)13-14-27(25,16-5-7-17(31-2)8-6-16)23-21(30)15-18-19(28)9-10-20(29)22(18)24(23)26/h5-10,13-14,18,20,22-24,29H,3-4,11-12,15H2,1-2H3/t18-,20+,22-,23+,24-,25-,26+,27+/m0/s1. The number of ether oxygens (including phenoxy) is 1. The topological polar surface area (TPSA) is 63.6 Å². The summed E-state index contributed by atoms with van der Waals surface area (Å²) in [5.74, 6) is 0.283. The van der Waals surface area contributed by atoms with Gasteiger partial charge in [-0.15, -0.1) is 0 Å². The number of methoxy groups -OCH3 is 1. The molecule has 0 aliphatic heterocycles. The Kier molecular flexibility index (Phi) is 3.89. The van der Waals surface area contributed by atoms with E-state index in [0.717, 1.165) is 31.4 Å². The Morgan fingerprint density at radius 3 is 2.55 bits per heavy atom. The van der Waals surface area contributed by atoms with Gasteiger partial charge >= 0.3 is 0 Å². The summed E-state index contributed by atoms with van der Waals surface area (Å²) < 4.78 is 5.40. The number of carbonyl (C=O) groups is 2. The minimum Gasteiger partial charge on any atom is -0.497 e. The molecule has 0 radical (unpaired) electrons. The van der Waals surface area contributed by atoms with Gasteiger partial charge in [-0.1, -0.05) is 50.1 Å². The lowest BCUT2D eigenvalue weighted by atomic mass is 9.50. The molecule has 0 unspecified atom stereocenters. The summed E-state index contributed by atoms with van der Waals surface area (Å²) in [6, 6.07) is 8.25. The van der Waals surface area contributed by atoms with E-state index in [1.54, 1.807) is 13.2 Å². The molecule has 3 saturated carbocycles. The van der Waals surface area contributed by atoms with Gasteiger partial charge in [-0.25, -0.2) is 0 Å². The summed E-state index contributed by atoms with van der Waals surface area (Å²) in [6.45, 7) is 2.38. The van der Waals surface area contributed by atoms with Crippen molar-refractivity contribution >= 4 is 11.6 Å². The lowest BCUT2D eigenvalue weighted by Gasteiger charge is -2.53. The molecule has 8 atom stereocenters. The molecular formula is C27H30O4. The fourth-order valence-electron chi connectivity index (χ4n) is 8.80. The largest absolute Gasteiger partial charge is 0.497 e. The van der Waals surface area contributed by atoms with Crippen molar-refractivity contribution in [1.29, 1.82) is 0 Å². The van der Waals surface area contributed by atoms with Crippen molar-refractivity contribution in [3.63, 3.8) is 0 Å². The molecule has 5 aliphatic carbocycles. The lowest BCUT2D eigenvalue weighted by molar-refractivity contribution is -0.144. The average Bonchev–Trinajstić information content (AvgIpc) is 3.17. The predicted octanol–water partition coefficient (Wildman–Crippen LogP) is 4.02. The fraction of sp³-hybridized carbons (Fsp3) is 0.556. The van der Waals surface area contributed by atoms with E-state index in [4.69, 9.17) is 4.74 Å². The maximum Gasteiger partial charge on any atom is 0.159 e. The quantitative estimate of drug-likeness (QED) is 0.737. The molecule has 162 valence electrons. The SMILES string of the molecule is COc1ccc([C@@]23C=C[C@]4(CCCC[C@@]42C)[C@H]2[C@@H]4[C@H](O)C=CC(=O)[C@@H]4CC(=O)[C@H]23)cc1. The number of allylic oxidation sites excluding steroid dienone is 3. The number of carbonyl (C=O) groups excluding carboxylic acids is 2. The van der Waals surface area contributed by atoms with Crippen LogP contribution in [0.4, 0.5) is 0 Å². The zero-order valence-electron chi connectivity index (χ0n) is 18.2. The third-order valence-electron chi connectivity index (χ3n) is 9.98. The smallest absolute Gasteiger partial charge is 0.159 e. The molecule has 4 nitrogen and oxygen atoms in total. The van der Waals surface area contributed by atoms with Crippen LogP contribution in [0.3, 0.4) is 0 Å². The van der Waals surface area contributed by atoms with E-state index in [1.165, 1.54) is 11.6 Å². The molecule has 0 saturated heterocycles. The Morgan fingerprint density at radius 2 is 1.81 bits per heavy atom. The summed E-state index contributed by atoms with van der Waals surface area (Å²) in [5.41, 5.74) is 0.524. The normalized spacial score (nSPS) is 47.1. The van der Waals surface area contributed by atoms with Crippen molar-refractivity contribution in [2.45, 2.75) is 50.5 Å². The number of benzene rings is 1. The summed E-state index contributed by atoms with van der Waals surface area (Å²) in [4.78, 5) is 26.6. The minimum absolute atomic E-state index is 0.0000478. The number of hydrogen-bond donors (Lipinski definition) is 1. The highest BCUT2D eigenvalue weighted by Crippen LogP contribution is 2.80. The van der Waals surface area contributed by atoms with Gasteiger partial charge in [-0.3, -0.25) is 9.59 Å². The molecule has 31 heavy (non-hydrogen) atoms. The maximum atomic E-state index is 13.8. The van der Waals surface area contributed by atoms with Crippen LogP contribution in [0.15, 0.2) is 48.6 Å². The van der Waals surface area contributed by atoms with Crippen LogP contribution in [0.5, 0.6) is 5.75 Å². The maximum absolute atomic E-state index is 13.8. The summed E-state index contributed by atoms with van der Waals surface area (Å²) in [5, 5.41) is 11.1. The van der Waals surface area contributed by atoms with Gasteiger partial charge in [0.15, 0.2) is 5.78 Å². The number of Topliss-reactive ketones (excluding diaryl/α,β-unsaturated/α-hetero) is 1. The Labute approximate surface area is 183 Å². The van der Waals surface area contributed by atoms with E-state index < -0.39 is 11.5 Å². The van der Waals surface area contributed by atoms with Crippen molar-refractivity contribution in [1.82, 2.24) is 0 Å². The molecular weight excluding hydrogens is 388 g/mol. The lowest BCUT2D eigenvalue weighted by Crippen LogP contribution is -2.55. The second-order valence-electron chi connectivity index (χ2n) is 10.6. The van der Waals surface area contributed by atoms with Crippen molar-refractivity contribution < 1.29 is 19.4 Å². The van der Waals surface area contributed by atoms with Crippen molar-refractivity contribution in [3.8, 4) is 5.75 Å². The molecule has 5 aliphatic rings. The van der Waals surface area contributed by atoms with Gasteiger partial charge in [0.25, 0.3) is 0 Å². The second kappa shape index (κ2) is 6.19. The van der Waals surface area contributed by atoms with Crippen LogP contribution in [-0.4, -0.2) is 29.9 Å². The molecule has 3 fully saturated rings. The molecule has 2 bridgehead atoms. The van der Waals surface area contributed by atoms with Crippen LogP contribution in [-0.2, 0) is 15.0 Å². The summed E-state index contributed by atoms with van der Waals surface area (Å²) in [7, 11) is 1.67. The van der Waals surface area contributed by atoms with Crippen LogP contribution in [0.1, 0.15) is 44.6 Å². The van der Waals surface area contributed by atoms with E-state index in [0.29, 0.717) is 0 Å². The molecule has 0 spiro atoms. The number of rotatable bonds is 2. The van der Waals surface area contributed by atoms with Gasteiger partial charge in [-0.2, -0.15) is 0 Å². The molecule has 0 amide bonds. The average molecular weight is 419 g/mol.